The Bertz CT molecular complexity index is 1460. The third kappa shape index (κ3) is 49.9. The lowest BCUT2D eigenvalue weighted by atomic mass is 10.0. The number of esters is 1. The van der Waals surface area contributed by atoms with Gasteiger partial charge in [0.05, 0.1) is 33.8 Å². The molecule has 0 aliphatic heterocycles. The second kappa shape index (κ2) is 48.8. The number of hydrogen-bond acceptors (Lipinski definition) is 6. The van der Waals surface area contributed by atoms with Crippen LogP contribution in [0.5, 0.6) is 0 Å². The summed E-state index contributed by atoms with van der Waals surface area (Å²) < 4.78 is 30.5. The summed E-state index contributed by atoms with van der Waals surface area (Å²) in [6, 6.07) is -0.877. The number of carbonyl (C=O) groups excluding carboxylic acids is 2. The molecule has 0 rings (SSSR count). The molecule has 0 radical (unpaired) electrons. The number of unbranched alkanes of at least 4 members (excludes halogenated alkanes) is 21. The van der Waals surface area contributed by atoms with E-state index in [2.05, 4.69) is 99.0 Å². The molecular weight excluding hydrogens is 880 g/mol. The second-order valence-electron chi connectivity index (χ2n) is 19.7. The Morgan fingerprint density at radius 3 is 1.45 bits per heavy atom. The van der Waals surface area contributed by atoms with Crippen molar-refractivity contribution >= 4 is 19.7 Å². The third-order valence-corrected chi connectivity index (χ3v) is 12.8. The number of hydrogen-bond donors (Lipinski definition) is 2. The molecule has 0 heterocycles. The first-order valence-corrected chi connectivity index (χ1v) is 29.4. The molecule has 0 bridgehead atoms. The minimum atomic E-state index is -4.46. The van der Waals surface area contributed by atoms with E-state index in [0.29, 0.717) is 23.9 Å². The number of likely N-dealkylation sites (N-methyl/N-ethyl adjacent to an activating group) is 1. The summed E-state index contributed by atoms with van der Waals surface area (Å²) in [5.41, 5.74) is 0. The zero-order chi connectivity index (χ0) is 50.8. The van der Waals surface area contributed by atoms with Gasteiger partial charge in [0.2, 0.25) is 5.91 Å². The first-order chi connectivity index (χ1) is 33.4. The average molecular weight is 986 g/mol. The Balaban J connectivity index is 5.48. The molecule has 3 unspecified atom stereocenters. The van der Waals surface area contributed by atoms with Crippen LogP contribution >= 0.6 is 7.82 Å². The number of rotatable bonds is 49. The number of nitrogens with one attached hydrogen (secondary N) is 1. The smallest absolute Gasteiger partial charge is 0.456 e. The Kier molecular flexibility index (Phi) is 46.8. The third-order valence-electron chi connectivity index (χ3n) is 11.8. The molecule has 0 fully saturated rings. The van der Waals surface area contributed by atoms with Gasteiger partial charge in [-0.1, -0.05) is 202 Å². The zero-order valence-electron chi connectivity index (χ0n) is 45.3. The topological polar surface area (TPSA) is 111 Å². The molecule has 1 amide bonds. The molecule has 3 atom stereocenters. The predicted octanol–water partition coefficient (Wildman–Crippen LogP) is 16.7. The van der Waals surface area contributed by atoms with Crippen LogP contribution in [0.25, 0.3) is 0 Å². The van der Waals surface area contributed by atoms with Crippen molar-refractivity contribution in [3.05, 3.63) is 85.1 Å². The molecular formula is C59H106N2O7P+. The molecule has 2 N–H and O–H groups in total. The van der Waals surface area contributed by atoms with Crippen molar-refractivity contribution in [2.24, 2.45) is 0 Å². The second-order valence-corrected chi connectivity index (χ2v) is 21.2. The van der Waals surface area contributed by atoms with E-state index in [4.69, 9.17) is 13.8 Å². The number of ether oxygens (including phenoxy) is 1. The van der Waals surface area contributed by atoms with Gasteiger partial charge in [-0.3, -0.25) is 18.6 Å². The van der Waals surface area contributed by atoms with E-state index in [0.717, 1.165) is 89.9 Å². The fraction of sp³-hybridized carbons (Fsp3) is 0.729. The van der Waals surface area contributed by atoms with Crippen LogP contribution in [0.2, 0.25) is 0 Å². The van der Waals surface area contributed by atoms with Crippen LogP contribution in [0.3, 0.4) is 0 Å². The summed E-state index contributed by atoms with van der Waals surface area (Å²) in [6.07, 6.45) is 63.0. The van der Waals surface area contributed by atoms with Gasteiger partial charge < -0.3 is 19.4 Å². The molecule has 0 spiro atoms. The number of allylic oxidation sites excluding steroid dienone is 13. The highest BCUT2D eigenvalue weighted by atomic mass is 31.2. The Morgan fingerprint density at radius 1 is 0.522 bits per heavy atom. The highest BCUT2D eigenvalue weighted by Crippen LogP contribution is 2.43. The van der Waals surface area contributed by atoms with Crippen LogP contribution in [0.4, 0.5) is 0 Å². The lowest BCUT2D eigenvalue weighted by molar-refractivity contribution is -0.870. The van der Waals surface area contributed by atoms with Crippen LogP contribution in [-0.4, -0.2) is 74.3 Å². The van der Waals surface area contributed by atoms with E-state index in [9.17, 15) is 19.0 Å². The Morgan fingerprint density at radius 2 is 0.942 bits per heavy atom. The van der Waals surface area contributed by atoms with Gasteiger partial charge in [0.25, 0.3) is 0 Å². The molecule has 0 aromatic rings. The number of quaternary nitrogens is 1. The lowest BCUT2D eigenvalue weighted by Gasteiger charge is -2.27. The van der Waals surface area contributed by atoms with E-state index in [1.54, 1.807) is 0 Å². The van der Waals surface area contributed by atoms with Gasteiger partial charge in [0.15, 0.2) is 0 Å². The molecule has 0 aliphatic carbocycles. The summed E-state index contributed by atoms with van der Waals surface area (Å²) in [7, 11) is 1.45. The van der Waals surface area contributed by atoms with Crippen molar-refractivity contribution in [1.82, 2.24) is 5.32 Å². The molecule has 0 saturated carbocycles. The van der Waals surface area contributed by atoms with Gasteiger partial charge >= 0.3 is 13.8 Å². The highest BCUT2D eigenvalue weighted by Gasteiger charge is 2.30. The SMILES string of the molecule is CC/C=C/C/C=C/CCCCCCCCCC(=O)NC(COP(=O)(O)OCC[N+](C)(C)C)C(/C=C/CCCCCCCCCCCC)OC(=O)CCC/C=C\C/C=C\C/C=C\C/C=C\CCCCC. The predicted molar refractivity (Wildman–Crippen MR) is 295 cm³/mol. The largest absolute Gasteiger partial charge is 0.472 e. The maximum atomic E-state index is 13.5. The minimum absolute atomic E-state index is 0.0267. The van der Waals surface area contributed by atoms with Crippen molar-refractivity contribution < 1.29 is 37.3 Å². The normalized spacial score (nSPS) is 14.5. The molecule has 0 aromatic carbocycles. The van der Waals surface area contributed by atoms with E-state index in [1.807, 2.05) is 33.3 Å². The van der Waals surface area contributed by atoms with Crippen LogP contribution in [0, 0.1) is 0 Å². The maximum Gasteiger partial charge on any atom is 0.472 e. The van der Waals surface area contributed by atoms with Crippen LogP contribution in [-0.2, 0) is 27.9 Å². The summed E-state index contributed by atoms with van der Waals surface area (Å²) in [5, 5.41) is 3.02. The van der Waals surface area contributed by atoms with Crippen molar-refractivity contribution in [2.45, 2.75) is 238 Å². The molecule has 69 heavy (non-hydrogen) atoms. The molecule has 9 nitrogen and oxygen atoms in total. The number of carbonyl (C=O) groups is 2. The van der Waals surface area contributed by atoms with Crippen molar-refractivity contribution in [2.75, 3.05) is 40.9 Å². The van der Waals surface area contributed by atoms with E-state index >= 15 is 0 Å². The number of phosphoric ester groups is 1. The first-order valence-electron chi connectivity index (χ1n) is 27.9. The van der Waals surface area contributed by atoms with Crippen LogP contribution < -0.4 is 5.32 Å². The first kappa shape index (κ1) is 66.2. The van der Waals surface area contributed by atoms with Crippen LogP contribution in [0.1, 0.15) is 226 Å². The summed E-state index contributed by atoms with van der Waals surface area (Å²) in [6.45, 7) is 6.82. The average Bonchev–Trinajstić information content (AvgIpc) is 3.31. The lowest BCUT2D eigenvalue weighted by Crippen LogP contribution is -2.47. The summed E-state index contributed by atoms with van der Waals surface area (Å²) >= 11 is 0. The fourth-order valence-electron chi connectivity index (χ4n) is 7.50. The number of amides is 1. The van der Waals surface area contributed by atoms with Crippen molar-refractivity contribution in [3.63, 3.8) is 0 Å². The minimum Gasteiger partial charge on any atom is -0.456 e. The van der Waals surface area contributed by atoms with E-state index < -0.39 is 20.0 Å². The van der Waals surface area contributed by atoms with Gasteiger partial charge in [-0.2, -0.15) is 0 Å². The molecule has 0 aromatic heterocycles. The van der Waals surface area contributed by atoms with Gasteiger partial charge in [-0.25, -0.2) is 4.57 Å². The molecule has 10 heteroatoms. The highest BCUT2D eigenvalue weighted by molar-refractivity contribution is 7.47. The van der Waals surface area contributed by atoms with Crippen molar-refractivity contribution in [1.29, 1.82) is 0 Å². The molecule has 0 saturated heterocycles. The van der Waals surface area contributed by atoms with Gasteiger partial charge in [0, 0.05) is 12.8 Å². The summed E-state index contributed by atoms with van der Waals surface area (Å²) in [4.78, 5) is 37.5. The zero-order valence-corrected chi connectivity index (χ0v) is 46.2. The van der Waals surface area contributed by atoms with E-state index in [1.165, 1.54) is 96.3 Å². The van der Waals surface area contributed by atoms with Crippen LogP contribution in [0.15, 0.2) is 85.1 Å². The fourth-order valence-corrected chi connectivity index (χ4v) is 8.23. The number of nitrogens with zero attached hydrogens (tertiary/aromatic N) is 1. The van der Waals surface area contributed by atoms with Crippen molar-refractivity contribution in [3.8, 4) is 0 Å². The van der Waals surface area contributed by atoms with Gasteiger partial charge in [0.1, 0.15) is 19.3 Å². The Hall–Kier alpha value is -2.81. The summed E-state index contributed by atoms with van der Waals surface area (Å²) in [5.74, 6) is -0.585. The number of phosphoric acid groups is 1. The van der Waals surface area contributed by atoms with E-state index in [-0.39, 0.29) is 31.5 Å². The molecule has 398 valence electrons. The maximum absolute atomic E-state index is 13.5. The quantitative estimate of drug-likeness (QED) is 0.0205. The standard InChI is InChI=1S/C59H105N2O7P/c1-7-10-13-16-19-22-25-28-30-31-32-34-37-40-43-46-49-52-59(63)68-57(50-47-44-41-38-35-27-24-21-18-15-12-9-3)56(55-67-69(64,65)66-54-53-61(4,5)6)60-58(62)51-48-45-42-39-36-33-29-26-23-20-17-14-11-8-2/h11,14,19-20,22-23,28,30,32,34,40,43,47,50,56-57H,7-10,12-13,15-18,21,24-27,29,31,33,35-39,41-42,44-46,48-49,51-55H2,1-6H3,(H-,60,62,64,65)/p+1/b14-11+,22-19-,23-20+,30-28-,34-32-,43-40-,50-47+. The molecule has 0 aliphatic rings. The van der Waals surface area contributed by atoms with Gasteiger partial charge in [-0.05, 0) is 96.0 Å². The van der Waals surface area contributed by atoms with Gasteiger partial charge in [-0.15, -0.1) is 0 Å². The Labute approximate surface area is 425 Å². The monoisotopic (exact) mass is 986 g/mol.